The van der Waals surface area contributed by atoms with Gasteiger partial charge in [0.15, 0.2) is 0 Å². The van der Waals surface area contributed by atoms with Crippen LogP contribution >= 0.6 is 0 Å². The first-order valence-corrected chi connectivity index (χ1v) is 4.72. The van der Waals surface area contributed by atoms with Crippen LogP contribution < -0.4 is 0 Å². The van der Waals surface area contributed by atoms with Crippen molar-refractivity contribution in [3.8, 4) is 0 Å². The largest absolute Gasteiger partial charge is 0.382 e. The summed E-state index contributed by atoms with van der Waals surface area (Å²) in [5, 5.41) is 30.0. The summed E-state index contributed by atoms with van der Waals surface area (Å²) in [6.45, 7) is -0.628. The zero-order valence-electron chi connectivity index (χ0n) is 8.72. The van der Waals surface area contributed by atoms with E-state index in [1.54, 1.807) is 6.07 Å². The van der Waals surface area contributed by atoms with Gasteiger partial charge in [-0.3, -0.25) is 20.2 Å². The van der Waals surface area contributed by atoms with Gasteiger partial charge < -0.3 is 5.11 Å². The van der Waals surface area contributed by atoms with Crippen LogP contribution in [-0.2, 0) is 0 Å². The molecule has 0 aliphatic rings. The number of benzene rings is 1. The fourth-order valence-electron chi connectivity index (χ4n) is 1.22. The summed E-state index contributed by atoms with van der Waals surface area (Å²) in [6, 6.07) is 5.93. The SMILES string of the molecule is O=[N+]([O-])C[C@@H](O)/C=C/c1ccccc1[N+](=O)[O-]. The van der Waals surface area contributed by atoms with Gasteiger partial charge in [0.1, 0.15) is 6.10 Å². The van der Waals surface area contributed by atoms with E-state index >= 15 is 0 Å². The van der Waals surface area contributed by atoms with Crippen LogP contribution in [0, 0.1) is 20.2 Å². The quantitative estimate of drug-likeness (QED) is 0.613. The third-order valence-electron chi connectivity index (χ3n) is 1.97. The zero-order valence-corrected chi connectivity index (χ0v) is 8.72. The standard InChI is InChI=1S/C10H10N2O5/c13-9(7-11(14)15)6-5-8-3-1-2-4-10(8)12(16)17/h1-6,9,13H,7H2/b6-5+/t9-/m0/s1. The molecule has 17 heavy (non-hydrogen) atoms. The Morgan fingerprint density at radius 2 is 1.94 bits per heavy atom. The molecule has 1 atom stereocenters. The Balaban J connectivity index is 2.84. The highest BCUT2D eigenvalue weighted by atomic mass is 16.6. The number of aliphatic hydroxyl groups is 1. The normalized spacial score (nSPS) is 12.5. The topological polar surface area (TPSA) is 107 Å². The number of hydrogen-bond acceptors (Lipinski definition) is 5. The molecule has 0 spiro atoms. The van der Waals surface area contributed by atoms with Crippen LogP contribution in [-0.4, -0.2) is 27.6 Å². The second-order valence-electron chi connectivity index (χ2n) is 3.26. The second kappa shape index (κ2) is 5.71. The molecule has 7 heteroatoms. The van der Waals surface area contributed by atoms with Crippen molar-refractivity contribution in [1.82, 2.24) is 0 Å². The van der Waals surface area contributed by atoms with Gasteiger partial charge in [-0.1, -0.05) is 12.1 Å². The lowest BCUT2D eigenvalue weighted by Gasteiger charge is -1.99. The number of rotatable bonds is 5. The van der Waals surface area contributed by atoms with Crippen molar-refractivity contribution < 1.29 is 15.0 Å². The summed E-state index contributed by atoms with van der Waals surface area (Å²) in [5.41, 5.74) is 0.178. The van der Waals surface area contributed by atoms with E-state index in [1.165, 1.54) is 24.3 Å². The Morgan fingerprint density at radius 1 is 1.29 bits per heavy atom. The lowest BCUT2D eigenvalue weighted by Crippen LogP contribution is -2.16. The highest BCUT2D eigenvalue weighted by Crippen LogP contribution is 2.19. The van der Waals surface area contributed by atoms with Crippen molar-refractivity contribution in [2.24, 2.45) is 0 Å². The minimum Gasteiger partial charge on any atom is -0.382 e. The van der Waals surface area contributed by atoms with Crippen molar-refractivity contribution >= 4 is 11.8 Å². The molecular formula is C10H10N2O5. The molecule has 0 aromatic heterocycles. The summed E-state index contributed by atoms with van der Waals surface area (Å²) in [4.78, 5) is 19.5. The summed E-state index contributed by atoms with van der Waals surface area (Å²) >= 11 is 0. The molecule has 0 radical (unpaired) electrons. The molecule has 1 aromatic carbocycles. The number of hydrogen-bond donors (Lipinski definition) is 1. The highest BCUT2D eigenvalue weighted by Gasteiger charge is 2.11. The van der Waals surface area contributed by atoms with Crippen LogP contribution in [0.5, 0.6) is 0 Å². The van der Waals surface area contributed by atoms with Crippen LogP contribution in [0.3, 0.4) is 0 Å². The molecule has 0 saturated carbocycles. The van der Waals surface area contributed by atoms with Crippen molar-refractivity contribution in [1.29, 1.82) is 0 Å². The molecule has 7 nitrogen and oxygen atoms in total. The number of para-hydroxylation sites is 1. The first-order chi connectivity index (χ1) is 8.00. The van der Waals surface area contributed by atoms with E-state index in [0.717, 1.165) is 6.08 Å². The minimum absolute atomic E-state index is 0.114. The summed E-state index contributed by atoms with van der Waals surface area (Å²) in [7, 11) is 0. The van der Waals surface area contributed by atoms with Crippen molar-refractivity contribution in [3.05, 3.63) is 56.1 Å². The first-order valence-electron chi connectivity index (χ1n) is 4.72. The van der Waals surface area contributed by atoms with E-state index in [-0.39, 0.29) is 5.69 Å². The molecule has 0 saturated heterocycles. The monoisotopic (exact) mass is 238 g/mol. The molecule has 0 aliphatic carbocycles. The van der Waals surface area contributed by atoms with Crippen molar-refractivity contribution in [3.63, 3.8) is 0 Å². The Hall–Kier alpha value is -2.28. The molecule has 0 fully saturated rings. The Kier molecular flexibility index (Phi) is 4.29. The molecular weight excluding hydrogens is 228 g/mol. The number of nitrogens with zero attached hydrogens (tertiary/aromatic N) is 2. The molecule has 1 N–H and O–H groups in total. The minimum atomic E-state index is -1.26. The van der Waals surface area contributed by atoms with Crippen LogP contribution in [0.15, 0.2) is 30.3 Å². The lowest BCUT2D eigenvalue weighted by atomic mass is 10.1. The Bertz CT molecular complexity index is 458. The van der Waals surface area contributed by atoms with Crippen molar-refractivity contribution in [2.45, 2.75) is 6.10 Å². The maximum Gasteiger partial charge on any atom is 0.276 e. The van der Waals surface area contributed by atoms with Crippen LogP contribution in [0.25, 0.3) is 6.08 Å². The summed E-state index contributed by atoms with van der Waals surface area (Å²) in [6.07, 6.45) is 1.20. The van der Waals surface area contributed by atoms with E-state index in [2.05, 4.69) is 0 Å². The van der Waals surface area contributed by atoms with Gasteiger partial charge in [-0.2, -0.15) is 0 Å². The smallest absolute Gasteiger partial charge is 0.276 e. The van der Waals surface area contributed by atoms with Gasteiger partial charge >= 0.3 is 0 Å². The van der Waals surface area contributed by atoms with Gasteiger partial charge in [0.05, 0.1) is 10.5 Å². The second-order valence-corrected chi connectivity index (χ2v) is 3.26. The van der Waals surface area contributed by atoms with E-state index in [9.17, 15) is 25.3 Å². The third kappa shape index (κ3) is 3.99. The van der Waals surface area contributed by atoms with E-state index in [0.29, 0.717) is 5.56 Å². The molecule has 0 unspecified atom stereocenters. The molecule has 0 heterocycles. The van der Waals surface area contributed by atoms with Crippen molar-refractivity contribution in [2.75, 3.05) is 6.54 Å². The fourth-order valence-corrected chi connectivity index (χ4v) is 1.22. The molecule has 1 aromatic rings. The van der Waals surface area contributed by atoms with E-state index in [1.807, 2.05) is 0 Å². The number of nitro benzene ring substituents is 1. The summed E-state index contributed by atoms with van der Waals surface area (Å²) in [5.74, 6) is 0. The third-order valence-corrected chi connectivity index (χ3v) is 1.97. The van der Waals surface area contributed by atoms with Crippen LogP contribution in [0.2, 0.25) is 0 Å². The number of nitro groups is 2. The van der Waals surface area contributed by atoms with Gasteiger partial charge in [0, 0.05) is 11.0 Å². The average Bonchev–Trinajstić information content (AvgIpc) is 2.25. The maximum atomic E-state index is 10.6. The average molecular weight is 238 g/mol. The lowest BCUT2D eigenvalue weighted by molar-refractivity contribution is -0.487. The van der Waals surface area contributed by atoms with E-state index in [4.69, 9.17) is 0 Å². The first kappa shape index (κ1) is 12.8. The molecule has 0 amide bonds. The highest BCUT2D eigenvalue weighted by molar-refractivity contribution is 5.60. The van der Waals surface area contributed by atoms with Gasteiger partial charge in [0.2, 0.25) is 6.54 Å². The molecule has 90 valence electrons. The van der Waals surface area contributed by atoms with Gasteiger partial charge in [0.25, 0.3) is 5.69 Å². The molecule has 0 bridgehead atoms. The van der Waals surface area contributed by atoms with Gasteiger partial charge in [-0.15, -0.1) is 0 Å². The molecule has 0 aliphatic heterocycles. The van der Waals surface area contributed by atoms with Crippen LogP contribution in [0.1, 0.15) is 5.56 Å². The van der Waals surface area contributed by atoms with E-state index < -0.39 is 22.5 Å². The number of aliphatic hydroxyl groups excluding tert-OH is 1. The van der Waals surface area contributed by atoms with Crippen LogP contribution in [0.4, 0.5) is 5.69 Å². The fraction of sp³-hybridized carbons (Fsp3) is 0.200. The Labute approximate surface area is 96.3 Å². The zero-order chi connectivity index (χ0) is 12.8. The predicted molar refractivity (Wildman–Crippen MR) is 60.0 cm³/mol. The van der Waals surface area contributed by atoms with Gasteiger partial charge in [-0.25, -0.2) is 0 Å². The maximum absolute atomic E-state index is 10.6. The Morgan fingerprint density at radius 3 is 2.53 bits per heavy atom. The predicted octanol–water partition coefficient (Wildman–Crippen LogP) is 1.25. The van der Waals surface area contributed by atoms with Gasteiger partial charge in [-0.05, 0) is 18.2 Å². The summed E-state index contributed by atoms with van der Waals surface area (Å²) < 4.78 is 0. The molecule has 1 rings (SSSR count).